The minimum Gasteiger partial charge on any atom is -0.497 e. The van der Waals surface area contributed by atoms with Crippen LogP contribution in [0.5, 0.6) is 11.5 Å². The predicted octanol–water partition coefficient (Wildman–Crippen LogP) is 3.45. The second-order valence-electron chi connectivity index (χ2n) is 5.90. The molecule has 2 aromatic rings. The van der Waals surface area contributed by atoms with E-state index in [1.54, 1.807) is 43.2 Å². The average molecular weight is 352 g/mol. The second-order valence-corrected chi connectivity index (χ2v) is 5.90. The third-order valence-corrected chi connectivity index (χ3v) is 4.04. The Labute approximate surface area is 154 Å². The molecular weight excluding hydrogens is 328 g/mol. The summed E-state index contributed by atoms with van der Waals surface area (Å²) in [5.41, 5.74) is 1.16. The van der Waals surface area contributed by atoms with E-state index in [9.17, 15) is 4.79 Å². The molecule has 2 rings (SSSR count). The zero-order valence-electron chi connectivity index (χ0n) is 15.2. The quantitative estimate of drug-likeness (QED) is 0.693. The molecule has 0 aliphatic heterocycles. The lowest BCUT2D eigenvalue weighted by Gasteiger charge is -2.25. The number of benzene rings is 2. The van der Waals surface area contributed by atoms with Crippen LogP contribution in [-0.4, -0.2) is 37.1 Å². The van der Waals surface area contributed by atoms with Crippen LogP contribution in [0, 0.1) is 11.3 Å². The number of ether oxygens (including phenoxy) is 2. The van der Waals surface area contributed by atoms with Gasteiger partial charge in [0.2, 0.25) is 0 Å². The van der Waals surface area contributed by atoms with E-state index in [-0.39, 0.29) is 5.91 Å². The van der Waals surface area contributed by atoms with Crippen molar-refractivity contribution in [2.75, 3.05) is 20.2 Å². The van der Waals surface area contributed by atoms with Crippen LogP contribution < -0.4 is 9.47 Å². The maximum Gasteiger partial charge on any atom is 0.263 e. The van der Waals surface area contributed by atoms with Gasteiger partial charge in [-0.25, -0.2) is 0 Å². The Morgan fingerprint density at radius 3 is 2.35 bits per heavy atom. The Hall–Kier alpha value is -3.00. The number of nitrogens with zero attached hydrogens (tertiary/aromatic N) is 2. The Morgan fingerprint density at radius 2 is 1.73 bits per heavy atom. The normalized spacial score (nSPS) is 11.3. The Morgan fingerprint density at radius 1 is 1.08 bits per heavy atom. The molecular formula is C21H24N2O3. The first-order valence-corrected chi connectivity index (χ1v) is 8.64. The molecule has 0 radical (unpaired) electrons. The standard InChI is InChI=1S/C21H24N2O3/c1-17(26-20-11-9-19(25-2)10-12-20)21(24)23(15-6-14-22)16-13-18-7-4-3-5-8-18/h3-5,7-12,17H,6,13,15-16H2,1-2H3. The molecule has 0 heterocycles. The molecule has 0 fully saturated rings. The van der Waals surface area contributed by atoms with Gasteiger partial charge in [-0.1, -0.05) is 30.3 Å². The summed E-state index contributed by atoms with van der Waals surface area (Å²) in [6.07, 6.45) is 0.418. The largest absolute Gasteiger partial charge is 0.497 e. The van der Waals surface area contributed by atoms with Crippen molar-refractivity contribution >= 4 is 5.91 Å². The molecule has 1 atom stereocenters. The maximum absolute atomic E-state index is 12.8. The molecule has 0 aliphatic carbocycles. The molecule has 136 valence electrons. The fraction of sp³-hybridized carbons (Fsp3) is 0.333. The molecule has 1 unspecified atom stereocenters. The van der Waals surface area contributed by atoms with Crippen LogP contribution in [0.15, 0.2) is 54.6 Å². The summed E-state index contributed by atoms with van der Waals surface area (Å²) < 4.78 is 10.9. The van der Waals surface area contributed by atoms with Crippen molar-refractivity contribution in [1.29, 1.82) is 5.26 Å². The smallest absolute Gasteiger partial charge is 0.263 e. The molecule has 0 spiro atoms. The van der Waals surface area contributed by atoms with Crippen molar-refractivity contribution in [1.82, 2.24) is 4.90 Å². The molecule has 5 heteroatoms. The van der Waals surface area contributed by atoms with E-state index in [4.69, 9.17) is 14.7 Å². The fourth-order valence-electron chi connectivity index (χ4n) is 2.59. The Bertz CT molecular complexity index is 723. The van der Waals surface area contributed by atoms with E-state index in [0.717, 1.165) is 17.7 Å². The number of carbonyl (C=O) groups is 1. The molecule has 0 bridgehead atoms. The predicted molar refractivity (Wildman–Crippen MR) is 100 cm³/mol. The lowest BCUT2D eigenvalue weighted by molar-refractivity contribution is -0.137. The molecule has 0 N–H and O–H groups in total. The van der Waals surface area contributed by atoms with Crippen molar-refractivity contribution in [3.05, 3.63) is 60.2 Å². The molecule has 0 saturated carbocycles. The number of methoxy groups -OCH3 is 1. The van der Waals surface area contributed by atoms with Gasteiger partial charge in [0.15, 0.2) is 6.10 Å². The summed E-state index contributed by atoms with van der Waals surface area (Å²) >= 11 is 0. The molecule has 0 saturated heterocycles. The summed E-state index contributed by atoms with van der Waals surface area (Å²) in [7, 11) is 1.60. The highest BCUT2D eigenvalue weighted by Gasteiger charge is 2.21. The van der Waals surface area contributed by atoms with Gasteiger partial charge in [-0.2, -0.15) is 5.26 Å². The molecule has 2 aromatic carbocycles. The van der Waals surface area contributed by atoms with E-state index >= 15 is 0 Å². The first-order chi connectivity index (χ1) is 12.6. The van der Waals surface area contributed by atoms with Gasteiger partial charge in [0.25, 0.3) is 5.91 Å². The summed E-state index contributed by atoms with van der Waals surface area (Å²) in [6.45, 7) is 2.69. The monoisotopic (exact) mass is 352 g/mol. The van der Waals surface area contributed by atoms with E-state index in [1.807, 2.05) is 30.3 Å². The lowest BCUT2D eigenvalue weighted by Crippen LogP contribution is -2.42. The highest BCUT2D eigenvalue weighted by molar-refractivity contribution is 5.81. The number of carbonyl (C=O) groups excluding carboxylic acids is 1. The molecule has 0 aliphatic rings. The maximum atomic E-state index is 12.8. The van der Waals surface area contributed by atoms with E-state index in [0.29, 0.717) is 25.3 Å². The van der Waals surface area contributed by atoms with Gasteiger partial charge in [-0.15, -0.1) is 0 Å². The van der Waals surface area contributed by atoms with Crippen molar-refractivity contribution < 1.29 is 14.3 Å². The SMILES string of the molecule is COc1ccc(OC(C)C(=O)N(CCC#N)CCc2ccccc2)cc1. The first kappa shape index (κ1) is 19.3. The zero-order chi connectivity index (χ0) is 18.8. The van der Waals surface area contributed by atoms with Gasteiger partial charge in [0, 0.05) is 13.1 Å². The van der Waals surface area contributed by atoms with Crippen LogP contribution in [0.25, 0.3) is 0 Å². The average Bonchev–Trinajstić information content (AvgIpc) is 2.69. The van der Waals surface area contributed by atoms with Crippen LogP contribution in [0.2, 0.25) is 0 Å². The van der Waals surface area contributed by atoms with Gasteiger partial charge in [-0.3, -0.25) is 4.79 Å². The fourth-order valence-corrected chi connectivity index (χ4v) is 2.59. The summed E-state index contributed by atoms with van der Waals surface area (Å²) in [5, 5.41) is 8.87. The minimum absolute atomic E-state index is 0.119. The number of rotatable bonds is 9. The second kappa shape index (κ2) is 10.1. The summed E-state index contributed by atoms with van der Waals surface area (Å²) in [5.74, 6) is 1.22. The van der Waals surface area contributed by atoms with Crippen molar-refractivity contribution in [3.8, 4) is 17.6 Å². The molecule has 26 heavy (non-hydrogen) atoms. The number of amides is 1. The van der Waals surface area contributed by atoms with Crippen LogP contribution in [-0.2, 0) is 11.2 Å². The first-order valence-electron chi connectivity index (χ1n) is 8.64. The molecule has 1 amide bonds. The number of nitriles is 1. The third-order valence-electron chi connectivity index (χ3n) is 4.04. The van der Waals surface area contributed by atoms with Crippen molar-refractivity contribution in [3.63, 3.8) is 0 Å². The highest BCUT2D eigenvalue weighted by Crippen LogP contribution is 2.18. The number of hydrogen-bond acceptors (Lipinski definition) is 4. The van der Waals surface area contributed by atoms with Crippen LogP contribution >= 0.6 is 0 Å². The van der Waals surface area contributed by atoms with Crippen LogP contribution in [0.4, 0.5) is 0 Å². The van der Waals surface area contributed by atoms with Gasteiger partial charge in [0.1, 0.15) is 11.5 Å². The summed E-state index contributed by atoms with van der Waals surface area (Å²) in [6, 6.07) is 19.2. The highest BCUT2D eigenvalue weighted by atomic mass is 16.5. The molecule has 0 aromatic heterocycles. The Kier molecular flexibility index (Phi) is 7.50. The third kappa shape index (κ3) is 5.82. The topological polar surface area (TPSA) is 62.6 Å². The van der Waals surface area contributed by atoms with Crippen molar-refractivity contribution in [2.24, 2.45) is 0 Å². The van der Waals surface area contributed by atoms with E-state index in [2.05, 4.69) is 6.07 Å². The number of hydrogen-bond donors (Lipinski definition) is 0. The van der Waals surface area contributed by atoms with Crippen molar-refractivity contribution in [2.45, 2.75) is 25.9 Å². The van der Waals surface area contributed by atoms with Gasteiger partial charge in [-0.05, 0) is 43.2 Å². The Balaban J connectivity index is 1.97. The van der Waals surface area contributed by atoms with Gasteiger partial charge >= 0.3 is 0 Å². The van der Waals surface area contributed by atoms with Gasteiger partial charge < -0.3 is 14.4 Å². The van der Waals surface area contributed by atoms with Crippen LogP contribution in [0.3, 0.4) is 0 Å². The van der Waals surface area contributed by atoms with E-state index < -0.39 is 6.10 Å². The summed E-state index contributed by atoms with van der Waals surface area (Å²) in [4.78, 5) is 14.5. The van der Waals surface area contributed by atoms with E-state index in [1.165, 1.54) is 0 Å². The van der Waals surface area contributed by atoms with Gasteiger partial charge in [0.05, 0.1) is 19.6 Å². The molecule has 5 nitrogen and oxygen atoms in total. The lowest BCUT2D eigenvalue weighted by atomic mass is 10.1. The zero-order valence-corrected chi connectivity index (χ0v) is 15.2. The van der Waals surface area contributed by atoms with Crippen LogP contribution in [0.1, 0.15) is 18.9 Å². The minimum atomic E-state index is -0.627.